The molecule has 41 heavy (non-hydrogen) atoms. The monoisotopic (exact) mass is 549 g/mol. The van der Waals surface area contributed by atoms with Crippen LogP contribution >= 0.6 is 0 Å². The smallest absolute Gasteiger partial charge is 0.128 e. The van der Waals surface area contributed by atoms with E-state index in [9.17, 15) is 5.11 Å². The maximum atomic E-state index is 10.7. The van der Waals surface area contributed by atoms with Gasteiger partial charge in [0.15, 0.2) is 0 Å². The highest BCUT2D eigenvalue weighted by Gasteiger charge is 2.31. The van der Waals surface area contributed by atoms with E-state index in [4.69, 9.17) is 4.74 Å². The molecule has 0 spiro atoms. The Labute approximate surface area is 244 Å². The molecule has 5 heteroatoms. The van der Waals surface area contributed by atoms with Crippen molar-refractivity contribution in [1.29, 1.82) is 0 Å². The van der Waals surface area contributed by atoms with Crippen LogP contribution in [-0.2, 0) is 12.8 Å². The number of aromatic nitrogens is 1. The summed E-state index contributed by atoms with van der Waals surface area (Å²) < 4.78 is 5.97. The summed E-state index contributed by atoms with van der Waals surface area (Å²) in [5.41, 5.74) is 4.85. The topological polar surface area (TPSA) is 57.6 Å². The van der Waals surface area contributed by atoms with Gasteiger partial charge in [-0.3, -0.25) is 9.88 Å². The number of hydrogen-bond acceptors (Lipinski definition) is 5. The molecule has 5 rings (SSSR count). The number of nitrogens with zero attached hydrogens (tertiary/aromatic N) is 2. The first-order valence-electron chi connectivity index (χ1n) is 15.0. The van der Waals surface area contributed by atoms with Gasteiger partial charge in [0.25, 0.3) is 0 Å². The summed E-state index contributed by atoms with van der Waals surface area (Å²) in [6, 6.07) is 31.7. The molecular formula is C36H43N3O2. The van der Waals surface area contributed by atoms with E-state index in [1.54, 1.807) is 6.20 Å². The summed E-state index contributed by atoms with van der Waals surface area (Å²) in [6.07, 6.45) is 8.05. The van der Waals surface area contributed by atoms with Crippen LogP contribution in [0.4, 0.5) is 0 Å². The summed E-state index contributed by atoms with van der Waals surface area (Å²) in [6.45, 7) is 7.14. The van der Waals surface area contributed by atoms with Gasteiger partial charge in [-0.25, -0.2) is 0 Å². The van der Waals surface area contributed by atoms with Crippen LogP contribution in [0, 0.1) is 5.92 Å². The second-order valence-electron chi connectivity index (χ2n) is 11.3. The third-order valence-electron chi connectivity index (χ3n) is 8.07. The van der Waals surface area contributed by atoms with Crippen molar-refractivity contribution in [2.45, 2.75) is 50.7 Å². The van der Waals surface area contributed by atoms with Crippen LogP contribution in [-0.4, -0.2) is 53.4 Å². The average molecular weight is 550 g/mol. The normalized spacial score (nSPS) is 14.6. The number of likely N-dealkylation sites (tertiary alicyclic amines) is 1. The molecule has 0 unspecified atom stereocenters. The minimum atomic E-state index is -0.548. The number of rotatable bonds is 16. The second kappa shape index (κ2) is 14.8. The van der Waals surface area contributed by atoms with E-state index in [0.29, 0.717) is 18.5 Å². The molecule has 214 valence electrons. The van der Waals surface area contributed by atoms with Crippen molar-refractivity contribution in [3.05, 3.63) is 121 Å². The van der Waals surface area contributed by atoms with Crippen LogP contribution in [0.3, 0.4) is 0 Å². The van der Waals surface area contributed by atoms with E-state index in [0.717, 1.165) is 74.0 Å². The van der Waals surface area contributed by atoms with Gasteiger partial charge in [0.05, 0.1) is 5.52 Å². The van der Waals surface area contributed by atoms with E-state index in [1.165, 1.54) is 11.1 Å². The minimum absolute atomic E-state index is 0.263. The van der Waals surface area contributed by atoms with Gasteiger partial charge in [0, 0.05) is 48.9 Å². The molecule has 1 saturated heterocycles. The number of hydrogen-bond donors (Lipinski definition) is 2. The van der Waals surface area contributed by atoms with Gasteiger partial charge in [-0.1, -0.05) is 73.3 Å². The summed E-state index contributed by atoms with van der Waals surface area (Å²) in [4.78, 5) is 6.67. The van der Waals surface area contributed by atoms with Crippen LogP contribution in [0.2, 0.25) is 0 Å². The van der Waals surface area contributed by atoms with Crippen LogP contribution < -0.4 is 10.1 Å². The summed E-state index contributed by atoms with van der Waals surface area (Å²) in [5.74, 6) is 1.18. The van der Waals surface area contributed by atoms with Crippen molar-refractivity contribution in [2.24, 2.45) is 5.92 Å². The number of pyridine rings is 1. The van der Waals surface area contributed by atoms with Crippen molar-refractivity contribution >= 4 is 10.9 Å². The predicted molar refractivity (Wildman–Crippen MR) is 168 cm³/mol. The summed E-state index contributed by atoms with van der Waals surface area (Å²) in [5, 5.41) is 15.4. The first-order valence-corrected chi connectivity index (χ1v) is 15.0. The van der Waals surface area contributed by atoms with Crippen LogP contribution in [0.5, 0.6) is 5.75 Å². The van der Waals surface area contributed by atoms with Crippen LogP contribution in [0.25, 0.3) is 10.9 Å². The molecule has 1 atom stereocenters. The molecular weight excluding hydrogens is 506 g/mol. The predicted octanol–water partition coefficient (Wildman–Crippen LogP) is 6.42. The van der Waals surface area contributed by atoms with Crippen LogP contribution in [0.15, 0.2) is 109 Å². The molecule has 5 nitrogen and oxygen atoms in total. The van der Waals surface area contributed by atoms with Crippen molar-refractivity contribution in [2.75, 3.05) is 26.2 Å². The highest BCUT2D eigenvalue weighted by atomic mass is 16.5. The third-order valence-corrected chi connectivity index (χ3v) is 8.07. The molecule has 2 N–H and O–H groups in total. The van der Waals surface area contributed by atoms with Gasteiger partial charge in [-0.15, -0.1) is 0 Å². The lowest BCUT2D eigenvalue weighted by atomic mass is 9.94. The number of ether oxygens (including phenoxy) is 1. The number of aliphatic hydroxyl groups is 1. The van der Waals surface area contributed by atoms with E-state index in [-0.39, 0.29) is 6.61 Å². The molecule has 0 amide bonds. The zero-order chi connectivity index (χ0) is 28.3. The first kappa shape index (κ1) is 28.8. The van der Waals surface area contributed by atoms with Gasteiger partial charge < -0.3 is 15.2 Å². The second-order valence-corrected chi connectivity index (χ2v) is 11.3. The molecule has 1 aliphatic heterocycles. The van der Waals surface area contributed by atoms with Gasteiger partial charge in [0.2, 0.25) is 0 Å². The van der Waals surface area contributed by atoms with Crippen molar-refractivity contribution in [3.8, 4) is 5.75 Å². The van der Waals surface area contributed by atoms with Crippen molar-refractivity contribution < 1.29 is 9.84 Å². The molecule has 0 radical (unpaired) electrons. The Morgan fingerprint density at radius 2 is 1.54 bits per heavy atom. The molecule has 0 bridgehead atoms. The maximum absolute atomic E-state index is 10.7. The molecule has 3 aromatic carbocycles. The molecule has 0 saturated carbocycles. The van der Waals surface area contributed by atoms with Gasteiger partial charge >= 0.3 is 0 Å². The van der Waals surface area contributed by atoms with E-state index < -0.39 is 6.10 Å². The van der Waals surface area contributed by atoms with E-state index in [2.05, 4.69) is 82.4 Å². The number of β-amino-alcohol motifs (C(OH)–C–C–N with tert-alkyl or cyclic N) is 1. The Hall–Kier alpha value is -3.67. The minimum Gasteiger partial charge on any atom is -0.490 e. The number of aryl methyl sites for hydroxylation is 2. The van der Waals surface area contributed by atoms with Crippen LogP contribution in [0.1, 0.15) is 36.8 Å². The zero-order valence-electron chi connectivity index (χ0n) is 24.0. The molecule has 2 heterocycles. The first-order chi connectivity index (χ1) is 20.1. The third kappa shape index (κ3) is 8.66. The van der Waals surface area contributed by atoms with Gasteiger partial charge in [-0.2, -0.15) is 0 Å². The lowest BCUT2D eigenvalue weighted by Gasteiger charge is -2.42. The Balaban J connectivity index is 1.05. The fourth-order valence-electron chi connectivity index (χ4n) is 5.74. The van der Waals surface area contributed by atoms with Gasteiger partial charge in [-0.05, 0) is 73.9 Å². The SMILES string of the molecule is C=C(NC(CCCc1ccccc1)CCCc1ccccc1)C1CN(C[C@H](O)COc2cccc3ncccc23)C1. The molecule has 1 aromatic heterocycles. The highest BCUT2D eigenvalue weighted by molar-refractivity contribution is 5.84. The maximum Gasteiger partial charge on any atom is 0.128 e. The summed E-state index contributed by atoms with van der Waals surface area (Å²) in [7, 11) is 0. The van der Waals surface area contributed by atoms with E-state index >= 15 is 0 Å². The number of aliphatic hydroxyl groups excluding tert-OH is 1. The Bertz CT molecular complexity index is 1300. The molecule has 4 aromatic rings. The molecule has 1 aliphatic rings. The molecule has 1 fully saturated rings. The number of nitrogens with one attached hydrogen (secondary N) is 1. The zero-order valence-corrected chi connectivity index (χ0v) is 24.0. The standard InChI is InChI=1S/C36H43N3O2/c1-28(31-24-39(25-31)26-33(40)27-41-36-22-10-21-35-34(36)20-11-23-37-35)38-32(18-8-16-29-12-4-2-5-13-29)19-9-17-30-14-6-3-7-15-30/h2-7,10-15,20-23,31-33,38,40H,1,8-9,16-19,24-27H2/t33-/m0/s1. The largest absolute Gasteiger partial charge is 0.490 e. The number of fused-ring (bicyclic) bond motifs is 1. The highest BCUT2D eigenvalue weighted by Crippen LogP contribution is 2.25. The number of benzene rings is 3. The Kier molecular flexibility index (Phi) is 10.4. The Morgan fingerprint density at radius 3 is 2.20 bits per heavy atom. The van der Waals surface area contributed by atoms with Crippen molar-refractivity contribution in [3.63, 3.8) is 0 Å². The quantitative estimate of drug-likeness (QED) is 0.169. The Morgan fingerprint density at radius 1 is 0.878 bits per heavy atom. The molecule has 0 aliphatic carbocycles. The van der Waals surface area contributed by atoms with E-state index in [1.807, 2.05) is 30.3 Å². The lowest BCUT2D eigenvalue weighted by Crippen LogP contribution is -2.53. The fraction of sp³-hybridized carbons (Fsp3) is 0.361. The van der Waals surface area contributed by atoms with Crippen molar-refractivity contribution in [1.82, 2.24) is 15.2 Å². The summed E-state index contributed by atoms with van der Waals surface area (Å²) >= 11 is 0. The lowest BCUT2D eigenvalue weighted by molar-refractivity contribution is 0.0271. The average Bonchev–Trinajstić information content (AvgIpc) is 2.98. The fourth-order valence-corrected chi connectivity index (χ4v) is 5.74. The van der Waals surface area contributed by atoms with Gasteiger partial charge in [0.1, 0.15) is 18.5 Å².